The number of aliphatic imine (C=N–C) groups is 2. The van der Waals surface area contributed by atoms with Gasteiger partial charge in [-0.1, -0.05) is 89.3 Å². The van der Waals surface area contributed by atoms with E-state index in [4.69, 9.17) is 0 Å². The Morgan fingerprint density at radius 2 is 1.49 bits per heavy atom. The number of amides is 3. The van der Waals surface area contributed by atoms with Gasteiger partial charge in [0.2, 0.25) is 0 Å². The molecule has 0 spiro atoms. The summed E-state index contributed by atoms with van der Waals surface area (Å²) in [5, 5.41) is 10.1. The highest BCUT2D eigenvalue weighted by Gasteiger charge is 2.41. The number of nitrogens with zero attached hydrogens (tertiary/aromatic N) is 3. The number of hydrogen-bond donors (Lipinski definition) is 1. The molecule has 0 aromatic heterocycles. The maximum atomic E-state index is 13.4. The Balaban J connectivity index is 1.45. The first-order valence-corrected chi connectivity index (χ1v) is 13.0. The topological polar surface area (TPSA) is 82.3 Å². The monoisotopic (exact) mass is 473 g/mol. The van der Waals surface area contributed by atoms with Crippen molar-refractivity contribution in [2.75, 3.05) is 4.90 Å². The van der Waals surface area contributed by atoms with Gasteiger partial charge in [0.15, 0.2) is 5.71 Å². The van der Waals surface area contributed by atoms with Crippen molar-refractivity contribution in [2.24, 2.45) is 9.98 Å². The fourth-order valence-corrected chi connectivity index (χ4v) is 4.98. The van der Waals surface area contributed by atoms with E-state index in [1.165, 1.54) is 51.4 Å². The minimum absolute atomic E-state index is 0.149. The summed E-state index contributed by atoms with van der Waals surface area (Å²) in [5.74, 6) is -0.530. The number of phenols is 1. The van der Waals surface area contributed by atoms with E-state index in [2.05, 4.69) is 16.9 Å². The summed E-state index contributed by atoms with van der Waals surface area (Å²) in [4.78, 5) is 36.3. The van der Waals surface area contributed by atoms with E-state index >= 15 is 0 Å². The summed E-state index contributed by atoms with van der Waals surface area (Å²) in [5.41, 5.74) is 2.63. The Morgan fingerprint density at radius 3 is 2.17 bits per heavy atom. The van der Waals surface area contributed by atoms with E-state index in [1.807, 2.05) is 6.07 Å². The van der Waals surface area contributed by atoms with Gasteiger partial charge < -0.3 is 5.11 Å². The molecule has 2 aliphatic rings. The van der Waals surface area contributed by atoms with Gasteiger partial charge >= 0.3 is 6.03 Å². The Morgan fingerprint density at radius 1 is 0.829 bits per heavy atom. The quantitative estimate of drug-likeness (QED) is 0.324. The van der Waals surface area contributed by atoms with Gasteiger partial charge in [-0.15, -0.1) is 0 Å². The van der Waals surface area contributed by atoms with Gasteiger partial charge in [-0.3, -0.25) is 4.79 Å². The van der Waals surface area contributed by atoms with Crippen LogP contribution in [0.25, 0.3) is 0 Å². The summed E-state index contributed by atoms with van der Waals surface area (Å²) >= 11 is 0. The van der Waals surface area contributed by atoms with Crippen LogP contribution >= 0.6 is 0 Å². The summed E-state index contributed by atoms with van der Waals surface area (Å²) < 4.78 is 0. The van der Waals surface area contributed by atoms with Gasteiger partial charge in [0.25, 0.3) is 5.91 Å². The normalized spacial score (nSPS) is 17.1. The standard InChI is InChI=1S/C29H35N3O3/c1-2-3-4-5-6-7-8-9-10-14-17-23-24-20-22(33)18-19-25(24)30-27-26(23)31-29(35)32(28(27)34)21-15-12-11-13-16-21/h11-13,15-16,18-20,23,33H,2-10,14,17H2,1H3. The number of urea groups is 1. The van der Waals surface area contributed by atoms with Crippen molar-refractivity contribution in [1.29, 1.82) is 0 Å². The van der Waals surface area contributed by atoms with Crippen LogP contribution in [0.15, 0.2) is 58.5 Å². The van der Waals surface area contributed by atoms with Crippen LogP contribution in [0.5, 0.6) is 5.75 Å². The fourth-order valence-electron chi connectivity index (χ4n) is 4.98. The van der Waals surface area contributed by atoms with Gasteiger partial charge in [0, 0.05) is 5.92 Å². The number of fused-ring (bicyclic) bond motifs is 2. The number of carbonyl (C=O) groups is 2. The van der Waals surface area contributed by atoms with Crippen molar-refractivity contribution in [3.05, 3.63) is 54.1 Å². The second kappa shape index (κ2) is 11.9. The van der Waals surface area contributed by atoms with Gasteiger partial charge in [0.1, 0.15) is 5.75 Å². The molecule has 2 aliphatic heterocycles. The second-order valence-corrected chi connectivity index (χ2v) is 9.48. The second-order valence-electron chi connectivity index (χ2n) is 9.48. The molecule has 2 aromatic carbocycles. The number of unbranched alkanes of at least 4 members (excludes halogenated alkanes) is 9. The molecule has 3 amide bonds. The minimum Gasteiger partial charge on any atom is -0.508 e. The number of aromatic hydroxyl groups is 1. The van der Waals surface area contributed by atoms with E-state index in [0.717, 1.165) is 29.7 Å². The average Bonchev–Trinajstić information content (AvgIpc) is 2.86. The van der Waals surface area contributed by atoms with Crippen LogP contribution in [0.3, 0.4) is 0 Å². The maximum absolute atomic E-state index is 13.4. The molecule has 0 aliphatic carbocycles. The van der Waals surface area contributed by atoms with Crippen LogP contribution < -0.4 is 4.90 Å². The summed E-state index contributed by atoms with van der Waals surface area (Å²) in [6.07, 6.45) is 13.1. The molecular formula is C29H35N3O3. The number of imide groups is 1. The maximum Gasteiger partial charge on any atom is 0.355 e. The van der Waals surface area contributed by atoms with Gasteiger partial charge in [-0.25, -0.2) is 14.7 Å². The van der Waals surface area contributed by atoms with E-state index in [0.29, 0.717) is 17.1 Å². The highest BCUT2D eigenvalue weighted by atomic mass is 16.3. The first-order chi connectivity index (χ1) is 17.1. The summed E-state index contributed by atoms with van der Waals surface area (Å²) in [7, 11) is 0. The van der Waals surface area contributed by atoms with Crippen molar-refractivity contribution in [2.45, 2.75) is 83.5 Å². The Labute approximate surface area is 207 Å². The highest BCUT2D eigenvalue weighted by molar-refractivity contribution is 6.74. The zero-order valence-electron chi connectivity index (χ0n) is 20.6. The van der Waals surface area contributed by atoms with Crippen molar-refractivity contribution >= 4 is 34.7 Å². The Hall–Kier alpha value is -3.28. The van der Waals surface area contributed by atoms with Crippen LogP contribution in [-0.4, -0.2) is 28.5 Å². The fraction of sp³-hybridized carbons (Fsp3) is 0.448. The molecule has 0 fully saturated rings. The molecule has 0 radical (unpaired) electrons. The SMILES string of the molecule is CCCCCCCCCCCCC1C2=NC(=O)N(c3ccccc3)C(=O)C2=Nc2ccc(O)cc21. The molecule has 2 heterocycles. The lowest BCUT2D eigenvalue weighted by atomic mass is 9.82. The van der Waals surface area contributed by atoms with Crippen molar-refractivity contribution in [3.63, 3.8) is 0 Å². The molecule has 4 rings (SSSR count). The lowest BCUT2D eigenvalue weighted by Crippen LogP contribution is -2.49. The molecule has 35 heavy (non-hydrogen) atoms. The van der Waals surface area contributed by atoms with Crippen molar-refractivity contribution < 1.29 is 14.7 Å². The first kappa shape index (κ1) is 24.8. The number of benzene rings is 2. The highest BCUT2D eigenvalue weighted by Crippen LogP contribution is 2.40. The molecule has 184 valence electrons. The van der Waals surface area contributed by atoms with Crippen molar-refractivity contribution in [3.8, 4) is 5.75 Å². The molecule has 1 atom stereocenters. The number of carbonyl (C=O) groups excluding carboxylic acids is 2. The zero-order valence-corrected chi connectivity index (χ0v) is 20.6. The molecule has 2 aromatic rings. The zero-order chi connectivity index (χ0) is 24.6. The smallest absolute Gasteiger partial charge is 0.355 e. The van der Waals surface area contributed by atoms with Crippen LogP contribution in [0.1, 0.15) is 89.0 Å². The lowest BCUT2D eigenvalue weighted by molar-refractivity contribution is -0.111. The number of hydrogen-bond acceptors (Lipinski definition) is 4. The number of phenolic OH excluding ortho intramolecular Hbond substituents is 1. The lowest BCUT2D eigenvalue weighted by Gasteiger charge is -2.31. The van der Waals surface area contributed by atoms with Gasteiger partial charge in [-0.2, -0.15) is 4.99 Å². The van der Waals surface area contributed by atoms with Crippen LogP contribution in [0.2, 0.25) is 0 Å². The summed E-state index contributed by atoms with van der Waals surface area (Å²) in [6.45, 7) is 2.24. The Bertz CT molecular complexity index is 1110. The summed E-state index contributed by atoms with van der Waals surface area (Å²) in [6, 6.07) is 13.2. The Kier molecular flexibility index (Phi) is 8.45. The van der Waals surface area contributed by atoms with E-state index in [1.54, 1.807) is 42.5 Å². The molecular weight excluding hydrogens is 438 g/mol. The first-order valence-electron chi connectivity index (χ1n) is 13.0. The number of para-hydroxylation sites is 1. The molecule has 0 bridgehead atoms. The van der Waals surface area contributed by atoms with Crippen LogP contribution in [0, 0.1) is 0 Å². The van der Waals surface area contributed by atoms with Gasteiger partial charge in [0.05, 0.1) is 17.1 Å². The van der Waals surface area contributed by atoms with Crippen LogP contribution in [0.4, 0.5) is 16.2 Å². The largest absolute Gasteiger partial charge is 0.508 e. The van der Waals surface area contributed by atoms with Crippen LogP contribution in [-0.2, 0) is 4.79 Å². The third kappa shape index (κ3) is 5.87. The third-order valence-electron chi connectivity index (χ3n) is 6.87. The molecule has 6 nitrogen and oxygen atoms in total. The molecule has 6 heteroatoms. The van der Waals surface area contributed by atoms with E-state index in [9.17, 15) is 14.7 Å². The van der Waals surface area contributed by atoms with Crippen molar-refractivity contribution in [1.82, 2.24) is 0 Å². The van der Waals surface area contributed by atoms with Gasteiger partial charge in [-0.05, 0) is 42.3 Å². The molecule has 0 saturated heterocycles. The predicted octanol–water partition coefficient (Wildman–Crippen LogP) is 7.48. The minimum atomic E-state index is -0.591. The molecule has 1 N–H and O–H groups in total. The van der Waals surface area contributed by atoms with E-state index in [-0.39, 0.29) is 17.4 Å². The van der Waals surface area contributed by atoms with E-state index < -0.39 is 11.9 Å². The molecule has 1 unspecified atom stereocenters. The molecule has 0 saturated carbocycles. The third-order valence-corrected chi connectivity index (χ3v) is 6.87. The predicted molar refractivity (Wildman–Crippen MR) is 141 cm³/mol. The average molecular weight is 474 g/mol. The number of anilines is 1. The number of rotatable bonds is 12.